The van der Waals surface area contributed by atoms with E-state index < -0.39 is 0 Å². The van der Waals surface area contributed by atoms with Crippen molar-refractivity contribution in [2.24, 2.45) is 5.92 Å². The lowest BCUT2D eigenvalue weighted by molar-refractivity contribution is -0.730. The van der Waals surface area contributed by atoms with Crippen LogP contribution < -0.4 is 4.57 Å². The molecule has 1 heterocycles. The normalized spacial score (nSPS) is 13.4. The summed E-state index contributed by atoms with van der Waals surface area (Å²) in [6.07, 6.45) is 27.0. The van der Waals surface area contributed by atoms with Gasteiger partial charge >= 0.3 is 0 Å². The molecule has 2 rings (SSSR count). The molecule has 2 nitrogen and oxygen atoms in total. The van der Waals surface area contributed by atoms with Crippen LogP contribution >= 0.6 is 0 Å². The molecular weight excluding hydrogens is 364 g/mol. The summed E-state index contributed by atoms with van der Waals surface area (Å²) in [6.45, 7) is 4.60. The highest BCUT2D eigenvalue weighted by atomic mass is 15.1. The highest BCUT2D eigenvalue weighted by molar-refractivity contribution is 5.15. The van der Waals surface area contributed by atoms with E-state index in [-0.39, 0.29) is 0 Å². The van der Waals surface area contributed by atoms with Crippen molar-refractivity contribution in [2.45, 2.75) is 116 Å². The second-order valence-electron chi connectivity index (χ2n) is 9.19. The Hall–Kier alpha value is -1.57. The van der Waals surface area contributed by atoms with Crippen molar-refractivity contribution in [3.8, 4) is 0 Å². The van der Waals surface area contributed by atoms with Gasteiger partial charge in [-0.2, -0.15) is 0 Å². The zero-order valence-electron chi connectivity index (χ0n) is 19.8. The summed E-state index contributed by atoms with van der Waals surface area (Å²) in [5.74, 6) is 0.718. The second-order valence-corrected chi connectivity index (χ2v) is 9.19. The number of aromatic amines is 1. The summed E-state index contributed by atoms with van der Waals surface area (Å²) < 4.78 is 2.47. The van der Waals surface area contributed by atoms with Gasteiger partial charge in [-0.25, -0.2) is 4.57 Å². The van der Waals surface area contributed by atoms with Crippen LogP contribution in [0.2, 0.25) is 0 Å². The SMILES string of the molecule is CCCCCCCCCC(Cc1ccccc1)C(CCCCCCC)[n+]1cc[nH]c1. The van der Waals surface area contributed by atoms with Gasteiger partial charge in [0.05, 0.1) is 0 Å². The highest BCUT2D eigenvalue weighted by Gasteiger charge is 2.26. The molecule has 2 aromatic rings. The fraction of sp³-hybridized carbons (Fsp3) is 0.679. The highest BCUT2D eigenvalue weighted by Crippen LogP contribution is 2.29. The molecule has 30 heavy (non-hydrogen) atoms. The number of hydrogen-bond acceptors (Lipinski definition) is 0. The molecule has 0 amide bonds. The largest absolute Gasteiger partial charge is 0.250 e. The van der Waals surface area contributed by atoms with E-state index in [4.69, 9.17) is 0 Å². The van der Waals surface area contributed by atoms with Crippen molar-refractivity contribution >= 4 is 0 Å². The number of benzene rings is 1. The monoisotopic (exact) mass is 411 g/mol. The number of nitrogens with one attached hydrogen (secondary N) is 1. The van der Waals surface area contributed by atoms with E-state index in [0.29, 0.717) is 6.04 Å². The van der Waals surface area contributed by atoms with Crippen LogP contribution in [-0.2, 0) is 6.42 Å². The molecule has 0 aliphatic carbocycles. The van der Waals surface area contributed by atoms with Gasteiger partial charge in [-0.05, 0) is 31.2 Å². The van der Waals surface area contributed by atoms with Crippen molar-refractivity contribution < 1.29 is 4.57 Å². The zero-order valence-corrected chi connectivity index (χ0v) is 19.8. The molecule has 0 saturated heterocycles. The van der Waals surface area contributed by atoms with E-state index in [2.05, 4.69) is 72.5 Å². The molecule has 0 saturated carbocycles. The van der Waals surface area contributed by atoms with Gasteiger partial charge in [0, 0.05) is 5.92 Å². The Labute approximate surface area is 186 Å². The van der Waals surface area contributed by atoms with Crippen LogP contribution in [0, 0.1) is 5.92 Å². The van der Waals surface area contributed by atoms with Gasteiger partial charge in [-0.1, -0.05) is 115 Å². The molecule has 2 atom stereocenters. The van der Waals surface area contributed by atoms with E-state index in [1.165, 1.54) is 102 Å². The molecule has 0 radical (unpaired) electrons. The van der Waals surface area contributed by atoms with Gasteiger partial charge in [-0.15, -0.1) is 0 Å². The lowest BCUT2D eigenvalue weighted by atomic mass is 9.84. The van der Waals surface area contributed by atoms with Gasteiger partial charge in [-0.3, -0.25) is 4.98 Å². The van der Waals surface area contributed by atoms with Gasteiger partial charge in [0.1, 0.15) is 18.4 Å². The summed E-state index contributed by atoms with van der Waals surface area (Å²) >= 11 is 0. The minimum Gasteiger partial charge on any atom is -0.250 e. The lowest BCUT2D eigenvalue weighted by Crippen LogP contribution is -2.42. The third-order valence-corrected chi connectivity index (χ3v) is 6.62. The lowest BCUT2D eigenvalue weighted by Gasteiger charge is -2.25. The first-order valence-corrected chi connectivity index (χ1v) is 12.9. The van der Waals surface area contributed by atoms with Crippen molar-refractivity contribution in [3.63, 3.8) is 0 Å². The molecule has 168 valence electrons. The van der Waals surface area contributed by atoms with Crippen LogP contribution in [0.4, 0.5) is 0 Å². The third-order valence-electron chi connectivity index (χ3n) is 6.62. The molecule has 0 spiro atoms. The summed E-state index contributed by atoms with van der Waals surface area (Å²) in [6, 6.07) is 11.8. The van der Waals surface area contributed by atoms with E-state index in [0.717, 1.165) is 5.92 Å². The van der Waals surface area contributed by atoms with E-state index in [1.807, 2.05) is 0 Å². The van der Waals surface area contributed by atoms with E-state index in [1.54, 1.807) is 0 Å². The number of H-pyrrole nitrogens is 1. The van der Waals surface area contributed by atoms with Crippen molar-refractivity contribution in [3.05, 3.63) is 54.6 Å². The molecule has 1 aromatic heterocycles. The Kier molecular flexibility index (Phi) is 13.3. The number of aromatic nitrogens is 2. The standard InChI is InChI=1S/C28H46N2/c1-3-5-7-9-10-12-16-20-27(24-26-18-14-13-15-19-26)28(30-23-22-29-25-30)21-17-11-8-6-4-2/h13-15,18-19,22-23,25,27-28H,3-12,16-17,20-21,24H2,1-2H3/p+1. The maximum Gasteiger partial charge on any atom is 0.241 e. The van der Waals surface area contributed by atoms with Crippen LogP contribution in [0.3, 0.4) is 0 Å². The van der Waals surface area contributed by atoms with Crippen molar-refractivity contribution in [1.82, 2.24) is 4.98 Å². The van der Waals surface area contributed by atoms with E-state index in [9.17, 15) is 0 Å². The first kappa shape index (κ1) is 24.7. The molecular formula is C28H47N2+. The molecule has 2 heteroatoms. The Morgan fingerprint density at radius 2 is 1.33 bits per heavy atom. The number of rotatable bonds is 18. The molecule has 1 N–H and O–H groups in total. The third kappa shape index (κ3) is 9.96. The molecule has 2 unspecified atom stereocenters. The topological polar surface area (TPSA) is 19.7 Å². The molecule has 0 fully saturated rings. The van der Waals surface area contributed by atoms with Gasteiger partial charge in [0.25, 0.3) is 0 Å². The average Bonchev–Trinajstić information content (AvgIpc) is 3.30. The fourth-order valence-corrected chi connectivity index (χ4v) is 4.80. The summed E-state index contributed by atoms with van der Waals surface area (Å²) in [7, 11) is 0. The first-order chi connectivity index (χ1) is 14.8. The smallest absolute Gasteiger partial charge is 0.241 e. The Bertz CT molecular complexity index is 605. The maximum absolute atomic E-state index is 3.30. The molecule has 0 bridgehead atoms. The van der Waals surface area contributed by atoms with Crippen LogP contribution in [0.25, 0.3) is 0 Å². The minimum absolute atomic E-state index is 0.609. The summed E-state index contributed by atoms with van der Waals surface area (Å²) in [5, 5.41) is 0. The van der Waals surface area contributed by atoms with Crippen LogP contribution in [0.15, 0.2) is 49.1 Å². The Morgan fingerprint density at radius 3 is 1.93 bits per heavy atom. The predicted octanol–water partition coefficient (Wildman–Crippen LogP) is 8.20. The first-order valence-electron chi connectivity index (χ1n) is 12.9. The maximum atomic E-state index is 3.30. The fourth-order valence-electron chi connectivity index (χ4n) is 4.80. The predicted molar refractivity (Wildman–Crippen MR) is 130 cm³/mol. The molecule has 1 aromatic carbocycles. The summed E-state index contributed by atoms with van der Waals surface area (Å²) in [4.78, 5) is 3.30. The quantitative estimate of drug-likeness (QED) is 0.188. The molecule has 0 aliphatic heterocycles. The van der Waals surface area contributed by atoms with Gasteiger partial charge < -0.3 is 0 Å². The number of unbranched alkanes of at least 4 members (excludes halogenated alkanes) is 10. The number of nitrogens with zero attached hydrogens (tertiary/aromatic N) is 1. The number of hydrogen-bond donors (Lipinski definition) is 1. The average molecular weight is 412 g/mol. The molecule has 0 aliphatic rings. The number of imidazole rings is 1. The van der Waals surface area contributed by atoms with Crippen molar-refractivity contribution in [1.29, 1.82) is 0 Å². The van der Waals surface area contributed by atoms with Crippen molar-refractivity contribution in [2.75, 3.05) is 0 Å². The van der Waals surface area contributed by atoms with E-state index >= 15 is 0 Å². The Balaban J connectivity index is 1.96. The summed E-state index contributed by atoms with van der Waals surface area (Å²) in [5.41, 5.74) is 1.50. The minimum atomic E-state index is 0.609. The Morgan fingerprint density at radius 1 is 0.733 bits per heavy atom. The van der Waals surface area contributed by atoms with Gasteiger partial charge in [0.2, 0.25) is 6.33 Å². The van der Waals surface area contributed by atoms with Crippen LogP contribution in [0.1, 0.15) is 115 Å². The zero-order chi connectivity index (χ0) is 21.3. The van der Waals surface area contributed by atoms with Crippen LogP contribution in [-0.4, -0.2) is 4.98 Å². The van der Waals surface area contributed by atoms with Crippen LogP contribution in [0.5, 0.6) is 0 Å². The second kappa shape index (κ2) is 16.2. The van der Waals surface area contributed by atoms with Gasteiger partial charge in [0.15, 0.2) is 0 Å².